The maximum atomic E-state index is 11.2. The van der Waals surface area contributed by atoms with Crippen LogP contribution in [-0.4, -0.2) is 11.1 Å². The van der Waals surface area contributed by atoms with Gasteiger partial charge in [-0.25, -0.2) is 4.79 Å². The number of aromatic carboxylic acids is 1. The standard InChI is InChI=1S/C14H8BrNO2/c15-11-4-5-12(13(7-11)14(17)18)10-3-1-2-9(6-10)8-16/h1-7H,(H,17,18). The normalized spacial score (nSPS) is 9.78. The molecule has 0 aliphatic heterocycles. The van der Waals surface area contributed by atoms with Crippen LogP contribution in [0.15, 0.2) is 46.9 Å². The summed E-state index contributed by atoms with van der Waals surface area (Å²) in [5.41, 5.74) is 2.04. The predicted molar refractivity (Wildman–Crippen MR) is 71.3 cm³/mol. The van der Waals surface area contributed by atoms with Gasteiger partial charge in [-0.1, -0.05) is 34.1 Å². The minimum absolute atomic E-state index is 0.208. The van der Waals surface area contributed by atoms with Crippen molar-refractivity contribution in [2.24, 2.45) is 0 Å². The first kappa shape index (κ1) is 12.3. The molecule has 0 unspecified atom stereocenters. The largest absolute Gasteiger partial charge is 0.478 e. The van der Waals surface area contributed by atoms with Crippen molar-refractivity contribution in [1.29, 1.82) is 5.26 Å². The smallest absolute Gasteiger partial charge is 0.336 e. The summed E-state index contributed by atoms with van der Waals surface area (Å²) in [6.07, 6.45) is 0. The molecule has 18 heavy (non-hydrogen) atoms. The molecule has 0 amide bonds. The fourth-order valence-corrected chi connectivity index (χ4v) is 2.06. The molecule has 2 aromatic carbocycles. The summed E-state index contributed by atoms with van der Waals surface area (Å²) >= 11 is 3.25. The van der Waals surface area contributed by atoms with Crippen molar-refractivity contribution in [2.75, 3.05) is 0 Å². The summed E-state index contributed by atoms with van der Waals surface area (Å²) in [7, 11) is 0. The highest BCUT2D eigenvalue weighted by Crippen LogP contribution is 2.27. The number of benzene rings is 2. The van der Waals surface area contributed by atoms with Crippen LogP contribution in [0.4, 0.5) is 0 Å². The maximum Gasteiger partial charge on any atom is 0.336 e. The van der Waals surface area contributed by atoms with Gasteiger partial charge in [-0.05, 0) is 35.4 Å². The molecular weight excluding hydrogens is 294 g/mol. The van der Waals surface area contributed by atoms with Gasteiger partial charge in [0.1, 0.15) is 0 Å². The quantitative estimate of drug-likeness (QED) is 0.920. The molecule has 1 N–H and O–H groups in total. The summed E-state index contributed by atoms with van der Waals surface area (Å²) < 4.78 is 0.708. The molecule has 3 nitrogen and oxygen atoms in total. The Labute approximate surface area is 112 Å². The highest BCUT2D eigenvalue weighted by molar-refractivity contribution is 9.10. The lowest BCUT2D eigenvalue weighted by Gasteiger charge is -2.07. The lowest BCUT2D eigenvalue weighted by Crippen LogP contribution is -1.99. The van der Waals surface area contributed by atoms with Gasteiger partial charge < -0.3 is 5.11 Å². The second kappa shape index (κ2) is 5.03. The lowest BCUT2D eigenvalue weighted by molar-refractivity contribution is 0.0697. The van der Waals surface area contributed by atoms with Crippen LogP contribution in [0.2, 0.25) is 0 Å². The molecule has 2 rings (SSSR count). The molecular formula is C14H8BrNO2. The van der Waals surface area contributed by atoms with Gasteiger partial charge in [0.2, 0.25) is 0 Å². The Morgan fingerprint density at radius 3 is 2.67 bits per heavy atom. The highest BCUT2D eigenvalue weighted by atomic mass is 79.9. The molecule has 0 spiro atoms. The molecule has 0 saturated carbocycles. The molecule has 2 aromatic rings. The minimum atomic E-state index is -0.992. The Hall–Kier alpha value is -2.12. The molecule has 0 fully saturated rings. The number of carbonyl (C=O) groups is 1. The molecule has 0 aliphatic rings. The number of hydrogen-bond acceptors (Lipinski definition) is 2. The number of rotatable bonds is 2. The Kier molecular flexibility index (Phi) is 3.45. The van der Waals surface area contributed by atoms with E-state index in [-0.39, 0.29) is 5.56 Å². The molecule has 4 heteroatoms. The average molecular weight is 302 g/mol. The Bertz CT molecular complexity index is 659. The van der Waals surface area contributed by atoms with E-state index >= 15 is 0 Å². The SMILES string of the molecule is N#Cc1cccc(-c2ccc(Br)cc2C(=O)O)c1. The molecule has 0 radical (unpaired) electrons. The monoisotopic (exact) mass is 301 g/mol. The Balaban J connectivity index is 2.63. The van der Waals surface area contributed by atoms with Gasteiger partial charge in [0.15, 0.2) is 0 Å². The minimum Gasteiger partial charge on any atom is -0.478 e. The van der Waals surface area contributed by atoms with Crippen molar-refractivity contribution in [3.63, 3.8) is 0 Å². The van der Waals surface area contributed by atoms with Gasteiger partial charge in [-0.3, -0.25) is 0 Å². The van der Waals surface area contributed by atoms with Gasteiger partial charge >= 0.3 is 5.97 Å². The van der Waals surface area contributed by atoms with Crippen molar-refractivity contribution in [3.05, 3.63) is 58.1 Å². The van der Waals surface area contributed by atoms with Crippen LogP contribution in [0.5, 0.6) is 0 Å². The predicted octanol–water partition coefficient (Wildman–Crippen LogP) is 3.69. The third-order valence-electron chi connectivity index (χ3n) is 2.51. The van der Waals surface area contributed by atoms with Crippen LogP contribution < -0.4 is 0 Å². The fourth-order valence-electron chi connectivity index (χ4n) is 1.70. The number of halogens is 1. The van der Waals surface area contributed by atoms with Crippen molar-refractivity contribution < 1.29 is 9.90 Å². The van der Waals surface area contributed by atoms with Crippen molar-refractivity contribution in [1.82, 2.24) is 0 Å². The van der Waals surface area contributed by atoms with Crippen LogP contribution >= 0.6 is 15.9 Å². The highest BCUT2D eigenvalue weighted by Gasteiger charge is 2.12. The average Bonchev–Trinajstić information content (AvgIpc) is 2.38. The van der Waals surface area contributed by atoms with E-state index in [2.05, 4.69) is 15.9 Å². The Morgan fingerprint density at radius 2 is 2.00 bits per heavy atom. The first-order valence-corrected chi connectivity index (χ1v) is 5.94. The van der Waals surface area contributed by atoms with Crippen molar-refractivity contribution in [3.8, 4) is 17.2 Å². The van der Waals surface area contributed by atoms with Gasteiger partial charge in [0.05, 0.1) is 17.2 Å². The molecule has 0 aliphatic carbocycles. The number of nitrogens with zero attached hydrogens (tertiary/aromatic N) is 1. The van der Waals surface area contributed by atoms with E-state index in [1.54, 1.807) is 42.5 Å². The second-order valence-corrected chi connectivity index (χ2v) is 4.60. The third-order valence-corrected chi connectivity index (χ3v) is 3.01. The first-order chi connectivity index (χ1) is 8.61. The summed E-state index contributed by atoms with van der Waals surface area (Å²) in [6, 6.07) is 14.0. The van der Waals surface area contributed by atoms with Gasteiger partial charge in [-0.15, -0.1) is 0 Å². The molecule has 0 heterocycles. The van der Waals surface area contributed by atoms with Gasteiger partial charge in [0, 0.05) is 4.47 Å². The fraction of sp³-hybridized carbons (Fsp3) is 0. The zero-order valence-electron chi connectivity index (χ0n) is 9.22. The number of hydrogen-bond donors (Lipinski definition) is 1. The van der Waals surface area contributed by atoms with Gasteiger partial charge in [0.25, 0.3) is 0 Å². The van der Waals surface area contributed by atoms with E-state index in [9.17, 15) is 9.90 Å². The number of carboxylic acid groups (broad SMARTS) is 1. The summed E-state index contributed by atoms with van der Waals surface area (Å²) in [5.74, 6) is -0.992. The first-order valence-electron chi connectivity index (χ1n) is 5.15. The van der Waals surface area contributed by atoms with E-state index in [1.165, 1.54) is 0 Å². The van der Waals surface area contributed by atoms with Crippen LogP contribution in [0.25, 0.3) is 11.1 Å². The van der Waals surface area contributed by atoms with E-state index in [0.29, 0.717) is 15.6 Å². The molecule has 0 atom stereocenters. The summed E-state index contributed by atoms with van der Waals surface area (Å²) in [4.78, 5) is 11.2. The second-order valence-electron chi connectivity index (χ2n) is 3.69. The van der Waals surface area contributed by atoms with Crippen LogP contribution in [0, 0.1) is 11.3 Å². The van der Waals surface area contributed by atoms with E-state index in [4.69, 9.17) is 5.26 Å². The van der Waals surface area contributed by atoms with Crippen LogP contribution in [0.1, 0.15) is 15.9 Å². The maximum absolute atomic E-state index is 11.2. The lowest BCUT2D eigenvalue weighted by atomic mass is 9.98. The molecule has 0 aromatic heterocycles. The van der Waals surface area contributed by atoms with E-state index < -0.39 is 5.97 Å². The summed E-state index contributed by atoms with van der Waals surface area (Å²) in [6.45, 7) is 0. The molecule has 0 saturated heterocycles. The van der Waals surface area contributed by atoms with Crippen LogP contribution in [-0.2, 0) is 0 Å². The number of carboxylic acids is 1. The zero-order chi connectivity index (χ0) is 13.1. The van der Waals surface area contributed by atoms with Crippen molar-refractivity contribution in [2.45, 2.75) is 0 Å². The third kappa shape index (κ3) is 2.41. The van der Waals surface area contributed by atoms with Crippen LogP contribution in [0.3, 0.4) is 0 Å². The molecule has 88 valence electrons. The van der Waals surface area contributed by atoms with E-state index in [1.807, 2.05) is 6.07 Å². The molecule has 0 bridgehead atoms. The summed E-state index contributed by atoms with van der Waals surface area (Å²) in [5, 5.41) is 18.0. The van der Waals surface area contributed by atoms with Gasteiger partial charge in [-0.2, -0.15) is 5.26 Å². The number of nitriles is 1. The van der Waals surface area contributed by atoms with Crippen molar-refractivity contribution >= 4 is 21.9 Å². The topological polar surface area (TPSA) is 61.1 Å². The Morgan fingerprint density at radius 1 is 1.22 bits per heavy atom. The van der Waals surface area contributed by atoms with E-state index in [0.717, 1.165) is 5.56 Å². The zero-order valence-corrected chi connectivity index (χ0v) is 10.8.